The SMILES string of the molecule is CC(C)C(NC(=O)c1ccoc1)c1nnc2n1CCN(Cc1cc3ccccc3s1)CC2. The molecule has 166 valence electrons. The molecule has 0 fully saturated rings. The van der Waals surface area contributed by atoms with Gasteiger partial charge in [-0.3, -0.25) is 9.69 Å². The van der Waals surface area contributed by atoms with Crippen LogP contribution < -0.4 is 5.32 Å². The first kappa shape index (κ1) is 20.9. The van der Waals surface area contributed by atoms with Crippen molar-refractivity contribution in [2.75, 3.05) is 13.1 Å². The maximum atomic E-state index is 12.6. The molecule has 1 amide bonds. The molecule has 5 rings (SSSR count). The molecule has 1 aromatic carbocycles. The Labute approximate surface area is 191 Å². The van der Waals surface area contributed by atoms with Crippen LogP contribution in [-0.4, -0.2) is 38.7 Å². The number of thiophene rings is 1. The Morgan fingerprint density at radius 2 is 2.06 bits per heavy atom. The van der Waals surface area contributed by atoms with Crippen LogP contribution in [0.4, 0.5) is 0 Å². The average molecular weight is 450 g/mol. The summed E-state index contributed by atoms with van der Waals surface area (Å²) in [6.45, 7) is 7.80. The molecular weight excluding hydrogens is 422 g/mol. The third-order valence-electron chi connectivity index (χ3n) is 6.02. The molecule has 0 saturated heterocycles. The number of carbonyl (C=O) groups is 1. The number of nitrogens with one attached hydrogen (secondary N) is 1. The molecule has 0 radical (unpaired) electrons. The minimum absolute atomic E-state index is 0.158. The van der Waals surface area contributed by atoms with Gasteiger partial charge in [0.15, 0.2) is 5.82 Å². The van der Waals surface area contributed by atoms with E-state index in [1.165, 1.54) is 27.5 Å². The largest absolute Gasteiger partial charge is 0.472 e. The normalized spacial score (nSPS) is 15.6. The van der Waals surface area contributed by atoms with Gasteiger partial charge in [0.2, 0.25) is 0 Å². The van der Waals surface area contributed by atoms with Crippen LogP contribution >= 0.6 is 11.3 Å². The zero-order chi connectivity index (χ0) is 22.1. The molecule has 1 unspecified atom stereocenters. The molecule has 4 heterocycles. The molecule has 8 heteroatoms. The zero-order valence-electron chi connectivity index (χ0n) is 18.3. The number of hydrogen-bond acceptors (Lipinski definition) is 6. The van der Waals surface area contributed by atoms with Crippen molar-refractivity contribution < 1.29 is 9.21 Å². The molecule has 0 aliphatic carbocycles. The third kappa shape index (κ3) is 4.20. The minimum atomic E-state index is -0.215. The first-order valence-corrected chi connectivity index (χ1v) is 11.8. The van der Waals surface area contributed by atoms with E-state index in [0.29, 0.717) is 5.56 Å². The molecule has 1 aliphatic rings. The van der Waals surface area contributed by atoms with Crippen LogP contribution in [-0.2, 0) is 19.5 Å². The number of rotatable bonds is 6. The second-order valence-corrected chi connectivity index (χ2v) is 9.78. The van der Waals surface area contributed by atoms with Crippen molar-refractivity contribution in [3.8, 4) is 0 Å². The van der Waals surface area contributed by atoms with Gasteiger partial charge in [0.05, 0.1) is 17.9 Å². The van der Waals surface area contributed by atoms with E-state index in [1.807, 2.05) is 11.3 Å². The Morgan fingerprint density at radius 3 is 2.84 bits per heavy atom. The van der Waals surface area contributed by atoms with E-state index in [4.69, 9.17) is 4.42 Å². The van der Waals surface area contributed by atoms with Crippen LogP contribution in [0.2, 0.25) is 0 Å². The number of benzene rings is 1. The Hall–Kier alpha value is -2.97. The van der Waals surface area contributed by atoms with E-state index in [-0.39, 0.29) is 17.9 Å². The molecule has 1 aliphatic heterocycles. The number of nitrogens with zero attached hydrogens (tertiary/aromatic N) is 4. The van der Waals surface area contributed by atoms with Gasteiger partial charge in [0, 0.05) is 42.2 Å². The standard InChI is InChI=1S/C24H27N5O2S/c1-16(2)22(25-24(30)18-8-12-31-15-18)23-27-26-21-7-9-28(10-11-29(21)23)14-19-13-17-5-3-4-6-20(17)32-19/h3-6,8,12-13,15-16,22H,7,9-11,14H2,1-2H3,(H,25,30). The Balaban J connectivity index is 1.31. The lowest BCUT2D eigenvalue weighted by molar-refractivity contribution is 0.0921. The Bertz CT molecular complexity index is 1180. The maximum absolute atomic E-state index is 12.6. The summed E-state index contributed by atoms with van der Waals surface area (Å²) in [4.78, 5) is 16.5. The summed E-state index contributed by atoms with van der Waals surface area (Å²) in [6, 6.07) is 12.3. The summed E-state index contributed by atoms with van der Waals surface area (Å²) in [5, 5.41) is 13.4. The number of hydrogen-bond donors (Lipinski definition) is 1. The van der Waals surface area contributed by atoms with Crippen molar-refractivity contribution in [3.63, 3.8) is 0 Å². The third-order valence-corrected chi connectivity index (χ3v) is 7.12. The summed E-state index contributed by atoms with van der Waals surface area (Å²) >= 11 is 1.87. The molecule has 0 spiro atoms. The van der Waals surface area contributed by atoms with Gasteiger partial charge in [-0.1, -0.05) is 32.0 Å². The van der Waals surface area contributed by atoms with Crippen molar-refractivity contribution in [3.05, 3.63) is 71.0 Å². The van der Waals surface area contributed by atoms with Gasteiger partial charge in [-0.25, -0.2) is 0 Å². The van der Waals surface area contributed by atoms with Crippen LogP contribution in [0.25, 0.3) is 10.1 Å². The van der Waals surface area contributed by atoms with Gasteiger partial charge in [0.25, 0.3) is 5.91 Å². The summed E-state index contributed by atoms with van der Waals surface area (Å²) in [7, 11) is 0. The van der Waals surface area contributed by atoms with Crippen LogP contribution in [0.15, 0.2) is 53.3 Å². The molecule has 0 saturated carbocycles. The predicted octanol–water partition coefficient (Wildman–Crippen LogP) is 4.27. The van der Waals surface area contributed by atoms with E-state index < -0.39 is 0 Å². The van der Waals surface area contributed by atoms with E-state index in [2.05, 4.69) is 69.2 Å². The fourth-order valence-corrected chi connectivity index (χ4v) is 5.37. The van der Waals surface area contributed by atoms with Crippen molar-refractivity contribution in [2.24, 2.45) is 5.92 Å². The number of fused-ring (bicyclic) bond motifs is 2. The highest BCUT2D eigenvalue weighted by atomic mass is 32.1. The Morgan fingerprint density at radius 1 is 1.19 bits per heavy atom. The zero-order valence-corrected chi connectivity index (χ0v) is 19.1. The molecule has 7 nitrogen and oxygen atoms in total. The lowest BCUT2D eigenvalue weighted by Gasteiger charge is -2.23. The first-order chi connectivity index (χ1) is 15.6. The topological polar surface area (TPSA) is 76.2 Å². The van der Waals surface area contributed by atoms with Gasteiger partial charge in [0.1, 0.15) is 12.1 Å². The summed E-state index contributed by atoms with van der Waals surface area (Å²) in [5.41, 5.74) is 0.515. The number of carbonyl (C=O) groups excluding carboxylic acids is 1. The van der Waals surface area contributed by atoms with Crippen molar-refractivity contribution in [2.45, 2.75) is 39.4 Å². The van der Waals surface area contributed by atoms with Crippen LogP contribution in [0.5, 0.6) is 0 Å². The summed E-state index contributed by atoms with van der Waals surface area (Å²) in [5.74, 6) is 1.84. The number of furan rings is 1. The molecule has 0 bridgehead atoms. The smallest absolute Gasteiger partial charge is 0.255 e. The summed E-state index contributed by atoms with van der Waals surface area (Å²) in [6.07, 6.45) is 3.81. The fourth-order valence-electron chi connectivity index (χ4n) is 4.26. The van der Waals surface area contributed by atoms with Crippen molar-refractivity contribution in [1.29, 1.82) is 0 Å². The lowest BCUT2D eigenvalue weighted by atomic mass is 10.0. The van der Waals surface area contributed by atoms with E-state index in [9.17, 15) is 4.79 Å². The van der Waals surface area contributed by atoms with E-state index >= 15 is 0 Å². The fraction of sp³-hybridized carbons (Fsp3) is 0.375. The maximum Gasteiger partial charge on any atom is 0.255 e. The molecular formula is C24H27N5O2S. The van der Waals surface area contributed by atoms with Gasteiger partial charge < -0.3 is 14.3 Å². The Kier molecular flexibility index (Phi) is 5.80. The molecule has 32 heavy (non-hydrogen) atoms. The second-order valence-electron chi connectivity index (χ2n) is 8.61. The van der Waals surface area contributed by atoms with Crippen LogP contribution in [0.3, 0.4) is 0 Å². The molecule has 1 atom stereocenters. The lowest BCUT2D eigenvalue weighted by Crippen LogP contribution is -2.34. The highest BCUT2D eigenvalue weighted by Crippen LogP contribution is 2.27. The van der Waals surface area contributed by atoms with Crippen LogP contribution in [0, 0.1) is 5.92 Å². The number of amides is 1. The highest BCUT2D eigenvalue weighted by Gasteiger charge is 2.28. The molecule has 3 aromatic heterocycles. The predicted molar refractivity (Wildman–Crippen MR) is 125 cm³/mol. The van der Waals surface area contributed by atoms with E-state index in [1.54, 1.807) is 6.07 Å². The van der Waals surface area contributed by atoms with Crippen molar-refractivity contribution in [1.82, 2.24) is 25.0 Å². The number of aromatic nitrogens is 3. The van der Waals surface area contributed by atoms with E-state index in [0.717, 1.165) is 44.2 Å². The second kappa shape index (κ2) is 8.88. The van der Waals surface area contributed by atoms with Crippen molar-refractivity contribution >= 4 is 27.3 Å². The summed E-state index contributed by atoms with van der Waals surface area (Å²) < 4.78 is 8.59. The van der Waals surface area contributed by atoms with Gasteiger partial charge in [-0.05, 0) is 29.5 Å². The van der Waals surface area contributed by atoms with Crippen LogP contribution in [0.1, 0.15) is 46.8 Å². The first-order valence-electron chi connectivity index (χ1n) is 11.0. The van der Waals surface area contributed by atoms with Gasteiger partial charge in [-0.15, -0.1) is 21.5 Å². The average Bonchev–Trinajstić information content (AvgIpc) is 3.51. The monoisotopic (exact) mass is 449 g/mol. The minimum Gasteiger partial charge on any atom is -0.472 e. The van der Waals surface area contributed by atoms with Gasteiger partial charge >= 0.3 is 0 Å². The molecule has 1 N–H and O–H groups in total. The molecule has 4 aromatic rings. The highest BCUT2D eigenvalue weighted by molar-refractivity contribution is 7.19. The van der Waals surface area contributed by atoms with Gasteiger partial charge in [-0.2, -0.15) is 0 Å². The quantitative estimate of drug-likeness (QED) is 0.476.